The van der Waals surface area contributed by atoms with Gasteiger partial charge in [0.25, 0.3) is 5.91 Å². The van der Waals surface area contributed by atoms with E-state index in [0.29, 0.717) is 0 Å². The third-order valence-electron chi connectivity index (χ3n) is 0.892. The number of hydrogen-bond donors (Lipinski definition) is 2. The first-order valence-electron chi connectivity index (χ1n) is 2.82. The fraction of sp³-hybridized carbons (Fsp3) is 0.333. The Labute approximate surface area is 59.8 Å². The van der Waals surface area contributed by atoms with Gasteiger partial charge in [-0.25, -0.2) is 0 Å². The highest BCUT2D eigenvalue weighted by Crippen LogP contribution is 1.79. The molecule has 0 heterocycles. The van der Waals surface area contributed by atoms with Crippen LogP contribution in [0.25, 0.3) is 0 Å². The van der Waals surface area contributed by atoms with Gasteiger partial charge in [-0.05, 0) is 6.08 Å². The molecule has 0 saturated heterocycles. The fourth-order valence-corrected chi connectivity index (χ4v) is 0.375. The SMILES string of the molecule is CN=CC=C(N)C(=O)NC. The Morgan fingerprint density at radius 2 is 2.30 bits per heavy atom. The molecule has 0 aliphatic rings. The summed E-state index contributed by atoms with van der Waals surface area (Å²) in [7, 11) is 3.12. The zero-order chi connectivity index (χ0) is 7.98. The Morgan fingerprint density at radius 1 is 1.70 bits per heavy atom. The van der Waals surface area contributed by atoms with E-state index in [-0.39, 0.29) is 11.6 Å². The molecular formula is C6H11N3O. The Balaban J connectivity index is 4.05. The summed E-state index contributed by atoms with van der Waals surface area (Å²) in [5.74, 6) is -0.292. The van der Waals surface area contributed by atoms with Gasteiger partial charge in [0.1, 0.15) is 0 Å². The minimum absolute atomic E-state index is 0.160. The van der Waals surface area contributed by atoms with Crippen LogP contribution in [-0.4, -0.2) is 26.2 Å². The minimum atomic E-state index is -0.292. The number of nitrogens with zero attached hydrogens (tertiary/aromatic N) is 1. The summed E-state index contributed by atoms with van der Waals surface area (Å²) in [5, 5.41) is 2.38. The number of carbonyl (C=O) groups excluding carboxylic acids is 1. The van der Waals surface area contributed by atoms with Gasteiger partial charge in [0.2, 0.25) is 0 Å². The van der Waals surface area contributed by atoms with Crippen molar-refractivity contribution < 1.29 is 4.79 Å². The van der Waals surface area contributed by atoms with E-state index in [1.165, 1.54) is 19.3 Å². The molecule has 10 heavy (non-hydrogen) atoms. The Kier molecular flexibility index (Phi) is 3.95. The van der Waals surface area contributed by atoms with Gasteiger partial charge >= 0.3 is 0 Å². The first-order valence-corrected chi connectivity index (χ1v) is 2.82. The van der Waals surface area contributed by atoms with Crippen molar-refractivity contribution in [2.75, 3.05) is 14.1 Å². The summed E-state index contributed by atoms with van der Waals surface area (Å²) in [6.45, 7) is 0. The van der Waals surface area contributed by atoms with Gasteiger partial charge in [0, 0.05) is 20.3 Å². The number of amides is 1. The number of nitrogens with one attached hydrogen (secondary N) is 1. The zero-order valence-corrected chi connectivity index (χ0v) is 6.09. The number of likely N-dealkylation sites (N-methyl/N-ethyl adjacent to an activating group) is 1. The monoisotopic (exact) mass is 141 g/mol. The molecule has 3 N–H and O–H groups in total. The summed E-state index contributed by atoms with van der Waals surface area (Å²) in [5.41, 5.74) is 5.43. The number of nitrogens with two attached hydrogens (primary N) is 1. The second-order valence-electron chi connectivity index (χ2n) is 1.61. The molecule has 0 unspecified atom stereocenters. The fourth-order valence-electron chi connectivity index (χ4n) is 0.375. The van der Waals surface area contributed by atoms with Gasteiger partial charge in [0.15, 0.2) is 0 Å². The molecule has 0 saturated carbocycles. The Bertz CT molecular complexity index is 172. The maximum absolute atomic E-state index is 10.7. The summed E-state index contributed by atoms with van der Waals surface area (Å²) < 4.78 is 0. The van der Waals surface area contributed by atoms with E-state index < -0.39 is 0 Å². The third kappa shape index (κ3) is 2.86. The van der Waals surface area contributed by atoms with Crippen molar-refractivity contribution in [2.45, 2.75) is 0 Å². The molecule has 0 aromatic carbocycles. The average molecular weight is 141 g/mol. The van der Waals surface area contributed by atoms with Crippen molar-refractivity contribution in [3.63, 3.8) is 0 Å². The van der Waals surface area contributed by atoms with Gasteiger partial charge in [-0.2, -0.15) is 0 Å². The molecule has 1 amide bonds. The van der Waals surface area contributed by atoms with Crippen molar-refractivity contribution >= 4 is 12.1 Å². The lowest BCUT2D eigenvalue weighted by molar-refractivity contribution is -0.117. The normalized spacial score (nSPS) is 12.0. The maximum Gasteiger partial charge on any atom is 0.266 e. The standard InChI is InChI=1S/C6H11N3O/c1-8-4-3-5(7)6(10)9-2/h3-4H,7H2,1-2H3,(H,9,10). The molecule has 56 valence electrons. The van der Waals surface area contributed by atoms with Crippen LogP contribution in [0.3, 0.4) is 0 Å². The molecule has 0 fully saturated rings. The Morgan fingerprint density at radius 3 is 2.70 bits per heavy atom. The second-order valence-corrected chi connectivity index (χ2v) is 1.61. The van der Waals surface area contributed by atoms with Gasteiger partial charge in [-0.3, -0.25) is 9.79 Å². The van der Waals surface area contributed by atoms with Crippen LogP contribution in [0.5, 0.6) is 0 Å². The second kappa shape index (κ2) is 4.55. The summed E-state index contributed by atoms with van der Waals surface area (Å²) in [6.07, 6.45) is 2.91. The Hall–Kier alpha value is -1.32. The van der Waals surface area contributed by atoms with Crippen molar-refractivity contribution in [2.24, 2.45) is 10.7 Å². The van der Waals surface area contributed by atoms with Crippen LogP contribution < -0.4 is 11.1 Å². The molecule has 0 rings (SSSR count). The molecule has 0 aliphatic carbocycles. The molecule has 4 nitrogen and oxygen atoms in total. The largest absolute Gasteiger partial charge is 0.394 e. The van der Waals surface area contributed by atoms with Crippen LogP contribution >= 0.6 is 0 Å². The molecule has 0 spiro atoms. The van der Waals surface area contributed by atoms with Gasteiger partial charge in [-0.15, -0.1) is 0 Å². The number of hydrogen-bond acceptors (Lipinski definition) is 3. The third-order valence-corrected chi connectivity index (χ3v) is 0.892. The number of allylic oxidation sites excluding steroid dienone is 1. The van der Waals surface area contributed by atoms with Crippen LogP contribution in [0.15, 0.2) is 16.8 Å². The van der Waals surface area contributed by atoms with Crippen LogP contribution in [0.2, 0.25) is 0 Å². The number of aliphatic imine (C=N–C) groups is 1. The molecule has 0 aliphatic heterocycles. The van der Waals surface area contributed by atoms with E-state index in [1.54, 1.807) is 7.05 Å². The van der Waals surface area contributed by atoms with Crippen molar-refractivity contribution in [3.8, 4) is 0 Å². The van der Waals surface area contributed by atoms with Gasteiger partial charge in [0.05, 0.1) is 5.70 Å². The molecule has 0 atom stereocenters. The first kappa shape index (κ1) is 8.68. The maximum atomic E-state index is 10.7. The average Bonchev–Trinajstić information content (AvgIpc) is 1.98. The van der Waals surface area contributed by atoms with Crippen molar-refractivity contribution in [3.05, 3.63) is 11.8 Å². The summed E-state index contributed by atoms with van der Waals surface area (Å²) >= 11 is 0. The molecule has 0 aromatic heterocycles. The topological polar surface area (TPSA) is 67.5 Å². The number of rotatable bonds is 2. The summed E-state index contributed by atoms with van der Waals surface area (Å²) in [6, 6.07) is 0. The predicted molar refractivity (Wildman–Crippen MR) is 40.8 cm³/mol. The van der Waals surface area contributed by atoms with E-state index in [2.05, 4.69) is 10.3 Å². The molecular weight excluding hydrogens is 130 g/mol. The molecule has 0 bridgehead atoms. The lowest BCUT2D eigenvalue weighted by Gasteiger charge is -1.95. The van der Waals surface area contributed by atoms with E-state index in [9.17, 15) is 4.79 Å². The van der Waals surface area contributed by atoms with E-state index in [0.717, 1.165) is 0 Å². The van der Waals surface area contributed by atoms with Gasteiger partial charge in [-0.1, -0.05) is 0 Å². The highest BCUT2D eigenvalue weighted by molar-refractivity contribution is 5.96. The molecule has 4 heteroatoms. The quantitative estimate of drug-likeness (QED) is 0.393. The summed E-state index contributed by atoms with van der Waals surface area (Å²) in [4.78, 5) is 14.3. The predicted octanol–water partition coefficient (Wildman–Crippen LogP) is -0.724. The van der Waals surface area contributed by atoms with Crippen LogP contribution in [-0.2, 0) is 4.79 Å². The minimum Gasteiger partial charge on any atom is -0.394 e. The van der Waals surface area contributed by atoms with Crippen molar-refractivity contribution in [1.29, 1.82) is 0 Å². The van der Waals surface area contributed by atoms with E-state index in [1.807, 2.05) is 0 Å². The van der Waals surface area contributed by atoms with E-state index in [4.69, 9.17) is 5.73 Å². The molecule has 0 radical (unpaired) electrons. The van der Waals surface area contributed by atoms with Crippen molar-refractivity contribution in [1.82, 2.24) is 5.32 Å². The smallest absolute Gasteiger partial charge is 0.266 e. The lowest BCUT2D eigenvalue weighted by atomic mass is 10.4. The van der Waals surface area contributed by atoms with Gasteiger partial charge < -0.3 is 11.1 Å². The zero-order valence-electron chi connectivity index (χ0n) is 6.09. The highest BCUT2D eigenvalue weighted by Gasteiger charge is 1.97. The first-order chi connectivity index (χ1) is 4.72. The van der Waals surface area contributed by atoms with Crippen LogP contribution in [0.4, 0.5) is 0 Å². The number of carbonyl (C=O) groups is 1. The molecule has 0 aromatic rings. The lowest BCUT2D eigenvalue weighted by Crippen LogP contribution is -2.24. The highest BCUT2D eigenvalue weighted by atomic mass is 16.1. The van der Waals surface area contributed by atoms with E-state index >= 15 is 0 Å². The van der Waals surface area contributed by atoms with Crippen LogP contribution in [0, 0.1) is 0 Å². The van der Waals surface area contributed by atoms with Crippen LogP contribution in [0.1, 0.15) is 0 Å².